The molecular formula is C14H17BrClFN2O. The predicted octanol–water partition coefficient (Wildman–Crippen LogP) is 4.66. The van der Waals surface area contributed by atoms with Crippen LogP contribution in [-0.4, -0.2) is 22.3 Å². The number of halogens is 3. The molecule has 2 rings (SSSR count). The number of ether oxygens (including phenoxy) is 1. The molecule has 1 atom stereocenters. The van der Waals surface area contributed by atoms with Crippen LogP contribution in [0.1, 0.15) is 32.0 Å². The molecule has 1 aromatic carbocycles. The fourth-order valence-corrected chi connectivity index (χ4v) is 2.56. The molecular weight excluding hydrogens is 347 g/mol. The van der Waals surface area contributed by atoms with Crippen molar-refractivity contribution in [3.8, 4) is 0 Å². The van der Waals surface area contributed by atoms with Crippen LogP contribution in [0.4, 0.5) is 4.39 Å². The van der Waals surface area contributed by atoms with E-state index in [2.05, 4.69) is 20.9 Å². The van der Waals surface area contributed by atoms with Crippen LogP contribution in [0.5, 0.6) is 0 Å². The number of rotatable bonds is 5. The number of benzene rings is 1. The summed E-state index contributed by atoms with van der Waals surface area (Å²) in [6.07, 6.45) is 0.160. The summed E-state index contributed by atoms with van der Waals surface area (Å²) < 4.78 is 21.6. The molecule has 1 heterocycles. The van der Waals surface area contributed by atoms with Gasteiger partial charge in [0.25, 0.3) is 0 Å². The Morgan fingerprint density at radius 3 is 2.70 bits per heavy atom. The van der Waals surface area contributed by atoms with Gasteiger partial charge in [-0.2, -0.15) is 0 Å². The second-order valence-electron chi connectivity index (χ2n) is 4.91. The highest BCUT2D eigenvalue weighted by Crippen LogP contribution is 2.28. The highest BCUT2D eigenvalue weighted by molar-refractivity contribution is 9.10. The van der Waals surface area contributed by atoms with Crippen LogP contribution in [0.15, 0.2) is 16.6 Å². The molecule has 6 heteroatoms. The minimum Gasteiger partial charge on any atom is -0.377 e. The van der Waals surface area contributed by atoms with Crippen molar-refractivity contribution in [2.75, 3.05) is 6.61 Å². The number of hydrogen-bond donors (Lipinski definition) is 0. The molecule has 0 bridgehead atoms. The largest absolute Gasteiger partial charge is 0.377 e. The third-order valence-electron chi connectivity index (χ3n) is 2.94. The summed E-state index contributed by atoms with van der Waals surface area (Å²) in [7, 11) is 0. The van der Waals surface area contributed by atoms with Gasteiger partial charge in [0.05, 0.1) is 33.6 Å². The topological polar surface area (TPSA) is 27.1 Å². The lowest BCUT2D eigenvalue weighted by Gasteiger charge is -2.12. The average Bonchev–Trinajstić information content (AvgIpc) is 2.68. The molecule has 1 unspecified atom stereocenters. The Kier molecular flexibility index (Phi) is 5.04. The maximum Gasteiger partial charge on any atom is 0.139 e. The molecule has 0 aliphatic heterocycles. The van der Waals surface area contributed by atoms with Crippen LogP contribution < -0.4 is 0 Å². The molecule has 110 valence electrons. The van der Waals surface area contributed by atoms with Crippen molar-refractivity contribution in [2.24, 2.45) is 0 Å². The van der Waals surface area contributed by atoms with Crippen molar-refractivity contribution < 1.29 is 9.13 Å². The molecule has 0 aliphatic rings. The summed E-state index contributed by atoms with van der Waals surface area (Å²) in [4.78, 5) is 4.49. The summed E-state index contributed by atoms with van der Waals surface area (Å²) in [5, 5.41) is -0.247. The monoisotopic (exact) mass is 362 g/mol. The van der Waals surface area contributed by atoms with E-state index in [0.29, 0.717) is 17.6 Å². The van der Waals surface area contributed by atoms with Gasteiger partial charge in [-0.3, -0.25) is 0 Å². The van der Waals surface area contributed by atoms with Gasteiger partial charge in [-0.15, -0.1) is 11.6 Å². The number of fused-ring (bicyclic) bond motifs is 1. The lowest BCUT2D eigenvalue weighted by atomic mass is 10.3. The van der Waals surface area contributed by atoms with Gasteiger partial charge in [-0.25, -0.2) is 9.37 Å². The van der Waals surface area contributed by atoms with E-state index in [9.17, 15) is 4.39 Å². The number of aromatic nitrogens is 2. The van der Waals surface area contributed by atoms with E-state index in [1.807, 2.05) is 25.3 Å². The summed E-state index contributed by atoms with van der Waals surface area (Å²) >= 11 is 9.35. The molecule has 0 saturated heterocycles. The smallest absolute Gasteiger partial charge is 0.139 e. The zero-order valence-electron chi connectivity index (χ0n) is 11.7. The van der Waals surface area contributed by atoms with Crippen molar-refractivity contribution in [3.63, 3.8) is 0 Å². The first-order valence-electron chi connectivity index (χ1n) is 6.51. The molecule has 0 amide bonds. The second-order valence-corrected chi connectivity index (χ2v) is 6.42. The van der Waals surface area contributed by atoms with Gasteiger partial charge in [-0.05, 0) is 42.8 Å². The Bertz CT molecular complexity index is 613. The highest BCUT2D eigenvalue weighted by Gasteiger charge is 2.16. The van der Waals surface area contributed by atoms with Gasteiger partial charge >= 0.3 is 0 Å². The summed E-state index contributed by atoms with van der Waals surface area (Å²) in [5.41, 5.74) is 1.46. The lowest BCUT2D eigenvalue weighted by Crippen LogP contribution is -2.13. The van der Waals surface area contributed by atoms with Crippen LogP contribution in [0.3, 0.4) is 0 Å². The minimum atomic E-state index is -0.308. The van der Waals surface area contributed by atoms with Crippen molar-refractivity contribution >= 4 is 38.6 Å². The molecule has 20 heavy (non-hydrogen) atoms. The first kappa shape index (κ1) is 15.7. The van der Waals surface area contributed by atoms with Gasteiger partial charge < -0.3 is 9.30 Å². The standard InChI is InChI=1S/C14H17BrClFN2O/c1-8(2)20-5-4-19-13-7-11(17)10(15)6-12(13)18-14(19)9(3)16/h6-9H,4-5H2,1-3H3. The molecule has 0 radical (unpaired) electrons. The van der Waals surface area contributed by atoms with Crippen LogP contribution >= 0.6 is 27.5 Å². The van der Waals surface area contributed by atoms with Gasteiger partial charge in [0.1, 0.15) is 11.6 Å². The number of nitrogens with zero attached hydrogens (tertiary/aromatic N) is 2. The summed E-state index contributed by atoms with van der Waals surface area (Å²) in [6, 6.07) is 3.15. The average molecular weight is 364 g/mol. The van der Waals surface area contributed by atoms with Crippen LogP contribution in [0, 0.1) is 5.82 Å². The molecule has 0 spiro atoms. The van der Waals surface area contributed by atoms with E-state index in [4.69, 9.17) is 16.3 Å². The van der Waals surface area contributed by atoms with E-state index in [0.717, 1.165) is 16.9 Å². The van der Waals surface area contributed by atoms with Gasteiger partial charge in [0.2, 0.25) is 0 Å². The normalized spacial score (nSPS) is 13.3. The molecule has 2 aromatic rings. The van der Waals surface area contributed by atoms with Gasteiger partial charge in [0.15, 0.2) is 0 Å². The highest BCUT2D eigenvalue weighted by atomic mass is 79.9. The first-order valence-corrected chi connectivity index (χ1v) is 7.74. The quantitative estimate of drug-likeness (QED) is 0.722. The van der Waals surface area contributed by atoms with Crippen LogP contribution in [0.2, 0.25) is 0 Å². The van der Waals surface area contributed by atoms with E-state index < -0.39 is 0 Å². The van der Waals surface area contributed by atoms with Gasteiger partial charge in [0, 0.05) is 12.6 Å². The van der Waals surface area contributed by atoms with Gasteiger partial charge in [-0.1, -0.05) is 0 Å². The van der Waals surface area contributed by atoms with Crippen molar-refractivity contribution in [1.29, 1.82) is 0 Å². The number of alkyl halides is 1. The predicted molar refractivity (Wildman–Crippen MR) is 82.7 cm³/mol. The molecule has 1 aromatic heterocycles. The zero-order valence-corrected chi connectivity index (χ0v) is 14.0. The number of hydrogen-bond acceptors (Lipinski definition) is 2. The van der Waals surface area contributed by atoms with Crippen molar-refractivity contribution in [2.45, 2.75) is 38.8 Å². The van der Waals surface area contributed by atoms with Crippen molar-refractivity contribution in [3.05, 3.63) is 28.2 Å². The fraction of sp³-hybridized carbons (Fsp3) is 0.500. The molecule has 0 aliphatic carbocycles. The molecule has 0 saturated carbocycles. The maximum absolute atomic E-state index is 13.7. The summed E-state index contributed by atoms with van der Waals surface area (Å²) in [5.74, 6) is 0.420. The Morgan fingerprint density at radius 1 is 1.40 bits per heavy atom. The Hall–Kier alpha value is -0.650. The van der Waals surface area contributed by atoms with E-state index in [1.165, 1.54) is 6.07 Å². The van der Waals surface area contributed by atoms with E-state index >= 15 is 0 Å². The van der Waals surface area contributed by atoms with Crippen LogP contribution in [0.25, 0.3) is 11.0 Å². The molecule has 0 fully saturated rings. The molecule has 3 nitrogen and oxygen atoms in total. The summed E-state index contributed by atoms with van der Waals surface area (Å²) in [6.45, 7) is 6.95. The fourth-order valence-electron chi connectivity index (χ4n) is 2.06. The van der Waals surface area contributed by atoms with Crippen LogP contribution in [-0.2, 0) is 11.3 Å². The Morgan fingerprint density at radius 2 is 2.10 bits per heavy atom. The second kappa shape index (κ2) is 6.41. The van der Waals surface area contributed by atoms with Crippen molar-refractivity contribution in [1.82, 2.24) is 9.55 Å². The third kappa shape index (κ3) is 3.32. The zero-order chi connectivity index (χ0) is 14.9. The lowest BCUT2D eigenvalue weighted by molar-refractivity contribution is 0.0729. The maximum atomic E-state index is 13.7. The Balaban J connectivity index is 2.42. The van der Waals surface area contributed by atoms with E-state index in [1.54, 1.807) is 6.07 Å². The number of imidazole rings is 1. The minimum absolute atomic E-state index is 0.160. The van der Waals surface area contributed by atoms with E-state index in [-0.39, 0.29) is 17.3 Å². The SMILES string of the molecule is CC(C)OCCn1c(C(C)Cl)nc2cc(Br)c(F)cc21. The first-order chi connectivity index (χ1) is 9.40. The molecule has 0 N–H and O–H groups in total. The Labute approximate surface area is 131 Å². The third-order valence-corrected chi connectivity index (χ3v) is 3.74.